The zero-order valence-corrected chi connectivity index (χ0v) is 34.6. The van der Waals surface area contributed by atoms with E-state index in [1.165, 1.54) is 0 Å². The van der Waals surface area contributed by atoms with Gasteiger partial charge in [-0.25, -0.2) is 87.8 Å². The lowest BCUT2D eigenvalue weighted by atomic mass is 9.12. The van der Waals surface area contributed by atoms with E-state index in [0.29, 0.717) is 0 Å². The molecule has 2 aromatic heterocycles. The van der Waals surface area contributed by atoms with Crippen LogP contribution in [0.1, 0.15) is 0 Å². The second-order valence-electron chi connectivity index (χ2n) is 13.8. The molecule has 8 rings (SSSR count). The number of hydrogen-bond donors (Lipinski definition) is 0. The van der Waals surface area contributed by atoms with Crippen molar-refractivity contribution in [1.29, 1.82) is 0 Å². The first kappa shape index (κ1) is 49.2. The predicted octanol–water partition coefficient (Wildman–Crippen LogP) is 8.18. The third-order valence-corrected chi connectivity index (χ3v) is 12.4. The molecule has 0 saturated carbocycles. The van der Waals surface area contributed by atoms with Crippen LogP contribution in [0.15, 0.2) is 93.8 Å². The summed E-state index contributed by atoms with van der Waals surface area (Å²) in [5.74, 6) is -69.6. The molecule has 352 valence electrons. The molecule has 0 aliphatic heterocycles. The molecular formula is C44H14BF20IO2. The SMILES string of the molecule is Fc1c(F)c(F)c([B-](c2c(F)c(F)c(F)c(F)c2F)(c2c(F)c(F)c(F)c(F)c2F)c2c(F)c(F)c(F)c(F)c2F)c(F)c1F.c1ccc(-c2ccc([I+]c3ccc(-c4ccccc4)o3)o2)cc1. The summed E-state index contributed by atoms with van der Waals surface area (Å²) in [4.78, 5) is 0. The summed E-state index contributed by atoms with van der Waals surface area (Å²) < 4.78 is 308. The second kappa shape index (κ2) is 18.8. The molecule has 24 heteroatoms. The normalized spacial score (nSPS) is 11.6. The Bertz CT molecular complexity index is 2810. The van der Waals surface area contributed by atoms with Crippen LogP contribution in [0, 0.1) is 124 Å². The third kappa shape index (κ3) is 7.93. The Balaban J connectivity index is 0.000000246. The summed E-state index contributed by atoms with van der Waals surface area (Å²) in [6.07, 6.45) is -7.22. The van der Waals surface area contributed by atoms with Crippen molar-refractivity contribution in [2.45, 2.75) is 0 Å². The minimum atomic E-state index is -7.22. The molecule has 0 aliphatic carbocycles. The fraction of sp³-hybridized carbons (Fsp3) is 0. The molecule has 0 unspecified atom stereocenters. The van der Waals surface area contributed by atoms with Gasteiger partial charge in [-0.2, -0.15) is 0 Å². The lowest BCUT2D eigenvalue weighted by Crippen LogP contribution is -3.61. The summed E-state index contributed by atoms with van der Waals surface area (Å²) in [7, 11) is 0. The van der Waals surface area contributed by atoms with Crippen molar-refractivity contribution in [3.63, 3.8) is 0 Å². The Morgan fingerprint density at radius 3 is 0.676 bits per heavy atom. The Morgan fingerprint density at radius 2 is 0.456 bits per heavy atom. The quantitative estimate of drug-likeness (QED) is 0.0505. The molecule has 0 bridgehead atoms. The molecule has 2 nitrogen and oxygen atoms in total. The highest BCUT2D eigenvalue weighted by molar-refractivity contribution is 7.20. The molecule has 0 aliphatic rings. The predicted molar refractivity (Wildman–Crippen MR) is 195 cm³/mol. The largest absolute Gasteiger partial charge is 0.443 e. The van der Waals surface area contributed by atoms with Gasteiger partial charge in [-0.1, -0.05) is 60.7 Å². The van der Waals surface area contributed by atoms with E-state index in [2.05, 4.69) is 36.4 Å². The van der Waals surface area contributed by atoms with Gasteiger partial charge in [-0.05, 0) is 12.1 Å². The van der Waals surface area contributed by atoms with Gasteiger partial charge in [0.15, 0.2) is 69.8 Å². The molecule has 0 spiro atoms. The standard InChI is InChI=1S/C24BF20.C20H14IO2/c26-5-1(6(27)14(35)21(42)13(5)34)25(2-7(28)15(36)22(43)16(37)8(2)29,3-9(30)17(38)23(44)18(39)10(3)31)4-11(32)19(40)24(45)20(41)12(4)33;1-3-7-15(8-4-1)17-11-13-19(22-17)21-20-14-12-18(23-20)16-9-5-2-6-10-16/h;1-14H/q-1;+1. The third-order valence-electron chi connectivity index (χ3n) is 10.2. The number of halogens is 21. The maximum Gasteiger partial charge on any atom is 0.443 e. The van der Waals surface area contributed by atoms with Crippen LogP contribution in [0.25, 0.3) is 22.6 Å². The van der Waals surface area contributed by atoms with Crippen LogP contribution in [-0.2, 0) is 0 Å². The summed E-state index contributed by atoms with van der Waals surface area (Å²) in [5, 5.41) is 0. The van der Waals surface area contributed by atoms with Crippen LogP contribution in [0.4, 0.5) is 87.8 Å². The van der Waals surface area contributed by atoms with Crippen molar-refractivity contribution in [3.8, 4) is 22.6 Å². The van der Waals surface area contributed by atoms with Crippen LogP contribution in [-0.4, -0.2) is 6.15 Å². The molecular weight excluding hydrogens is 1080 g/mol. The fourth-order valence-corrected chi connectivity index (χ4v) is 9.15. The van der Waals surface area contributed by atoms with Gasteiger partial charge in [0.05, 0.1) is 0 Å². The average molecular weight is 1090 g/mol. The Labute approximate surface area is 376 Å². The molecule has 0 amide bonds. The smallest absolute Gasteiger partial charge is 0.418 e. The zero-order valence-electron chi connectivity index (χ0n) is 32.4. The topological polar surface area (TPSA) is 26.3 Å². The Morgan fingerprint density at radius 1 is 0.250 bits per heavy atom. The van der Waals surface area contributed by atoms with Gasteiger partial charge in [-0.15, -0.1) is 21.9 Å². The molecule has 0 fully saturated rings. The van der Waals surface area contributed by atoms with Crippen molar-refractivity contribution < 1.29 is 118 Å². The molecule has 0 saturated heterocycles. The maximum absolute atomic E-state index is 15.4. The minimum absolute atomic E-state index is 0.447. The van der Waals surface area contributed by atoms with Gasteiger partial charge >= 0.3 is 28.7 Å². The molecule has 6 aromatic carbocycles. The van der Waals surface area contributed by atoms with Crippen molar-refractivity contribution in [1.82, 2.24) is 0 Å². The molecule has 0 N–H and O–H groups in total. The summed E-state index contributed by atoms with van der Waals surface area (Å²) in [6.45, 7) is 0. The summed E-state index contributed by atoms with van der Waals surface area (Å²) >= 11 is -0.447. The summed E-state index contributed by atoms with van der Waals surface area (Å²) in [5.41, 5.74) is -12.1. The molecule has 0 atom stereocenters. The van der Waals surface area contributed by atoms with E-state index in [1.807, 2.05) is 48.5 Å². The van der Waals surface area contributed by atoms with Crippen molar-refractivity contribution in [2.75, 3.05) is 0 Å². The van der Waals surface area contributed by atoms with Crippen molar-refractivity contribution in [2.24, 2.45) is 0 Å². The first-order valence-electron chi connectivity index (χ1n) is 18.3. The number of rotatable bonds is 8. The van der Waals surface area contributed by atoms with E-state index in [1.54, 1.807) is 0 Å². The van der Waals surface area contributed by atoms with Gasteiger partial charge < -0.3 is 8.83 Å². The van der Waals surface area contributed by atoms with Gasteiger partial charge in [-0.3, -0.25) is 0 Å². The maximum atomic E-state index is 15.4. The average Bonchev–Trinajstić information content (AvgIpc) is 4.02. The molecule has 8 aromatic rings. The van der Waals surface area contributed by atoms with E-state index >= 15 is 35.1 Å². The Hall–Kier alpha value is -6.73. The number of benzene rings is 6. The second-order valence-corrected chi connectivity index (χ2v) is 16.5. The molecule has 2 heterocycles. The van der Waals surface area contributed by atoms with Crippen LogP contribution in [0.3, 0.4) is 0 Å². The highest BCUT2D eigenvalue weighted by Crippen LogP contribution is 2.31. The lowest BCUT2D eigenvalue weighted by molar-refractivity contribution is -0.635. The molecule has 68 heavy (non-hydrogen) atoms. The Kier molecular flexibility index (Phi) is 13.6. The van der Waals surface area contributed by atoms with Crippen LogP contribution in [0.2, 0.25) is 0 Å². The number of hydrogen-bond acceptors (Lipinski definition) is 2. The van der Waals surface area contributed by atoms with E-state index in [0.717, 1.165) is 30.2 Å². The van der Waals surface area contributed by atoms with Gasteiger partial charge in [0.2, 0.25) is 0 Å². The van der Waals surface area contributed by atoms with E-state index in [9.17, 15) is 52.7 Å². The van der Waals surface area contributed by atoms with Gasteiger partial charge in [0, 0.05) is 23.3 Å². The number of furan rings is 2. The zero-order chi connectivity index (χ0) is 49.8. The van der Waals surface area contributed by atoms with Crippen LogP contribution in [0.5, 0.6) is 0 Å². The van der Waals surface area contributed by atoms with Crippen molar-refractivity contribution in [3.05, 3.63) is 209 Å². The van der Waals surface area contributed by atoms with E-state index < -0.39 is 166 Å². The highest BCUT2D eigenvalue weighted by atomic mass is 127. The van der Waals surface area contributed by atoms with Crippen molar-refractivity contribution >= 4 is 28.0 Å². The fourth-order valence-electron chi connectivity index (χ4n) is 7.21. The van der Waals surface area contributed by atoms with E-state index in [-0.39, 0.29) is 0 Å². The van der Waals surface area contributed by atoms with Gasteiger partial charge in [0.25, 0.3) is 0 Å². The van der Waals surface area contributed by atoms with Crippen LogP contribution >= 0.6 is 0 Å². The first-order valence-corrected chi connectivity index (χ1v) is 20.4. The van der Waals surface area contributed by atoms with E-state index in [4.69, 9.17) is 8.83 Å². The van der Waals surface area contributed by atoms with Gasteiger partial charge in [0.1, 0.15) is 64.2 Å². The van der Waals surface area contributed by atoms with Crippen LogP contribution < -0.4 is 43.1 Å². The first-order chi connectivity index (χ1) is 32.1. The monoisotopic (exact) mass is 1090 g/mol. The lowest BCUT2D eigenvalue weighted by Gasteiger charge is -2.44. The summed E-state index contributed by atoms with van der Waals surface area (Å²) in [6, 6.07) is 28.5. The minimum Gasteiger partial charge on any atom is -0.418 e. The molecule has 0 radical (unpaired) electrons. The highest BCUT2D eigenvalue weighted by Gasteiger charge is 2.52.